The summed E-state index contributed by atoms with van der Waals surface area (Å²) in [5, 5.41) is 15.6. The number of carboxylic acid groups (broad SMARTS) is 1. The lowest BCUT2D eigenvalue weighted by atomic mass is 10.0. The number of ether oxygens (including phenoxy) is 1. The second kappa shape index (κ2) is 11.8. The highest BCUT2D eigenvalue weighted by atomic mass is 16.5. The van der Waals surface area contributed by atoms with Gasteiger partial charge in [-0.3, -0.25) is 9.78 Å². The highest BCUT2D eigenvalue weighted by molar-refractivity contribution is 6.00. The first kappa shape index (κ1) is 25.4. The van der Waals surface area contributed by atoms with Crippen molar-refractivity contribution in [3.8, 4) is 16.9 Å². The number of carboxylic acids is 1. The number of aryl methyl sites for hydroxylation is 1. The van der Waals surface area contributed by atoms with Gasteiger partial charge in [0.1, 0.15) is 17.6 Å². The molecule has 2 heterocycles. The molecule has 188 valence electrons. The zero-order chi connectivity index (χ0) is 26.2. The summed E-state index contributed by atoms with van der Waals surface area (Å²) >= 11 is 0. The van der Waals surface area contributed by atoms with Gasteiger partial charge in [-0.05, 0) is 53.9 Å². The number of hydrogen-bond donors (Lipinski definition) is 3. The van der Waals surface area contributed by atoms with Crippen molar-refractivity contribution in [2.24, 2.45) is 0 Å². The van der Waals surface area contributed by atoms with Gasteiger partial charge in [0.05, 0.1) is 12.7 Å². The van der Waals surface area contributed by atoms with E-state index in [-0.39, 0.29) is 12.0 Å². The SMILES string of the molecule is COc1ccc(-c2ccc(NCc3cccc(C)c3)nc2)cc1C(=O)N[C@H](Cc1cccnc1)C(=O)O. The second-order valence-electron chi connectivity index (χ2n) is 8.62. The number of nitrogens with one attached hydrogen (secondary N) is 2. The number of benzene rings is 2. The van der Waals surface area contributed by atoms with Gasteiger partial charge in [-0.15, -0.1) is 0 Å². The number of anilines is 1. The molecular formula is C29H28N4O4. The molecule has 2 aromatic carbocycles. The Morgan fingerprint density at radius 2 is 1.78 bits per heavy atom. The summed E-state index contributed by atoms with van der Waals surface area (Å²) in [4.78, 5) is 33.4. The maximum absolute atomic E-state index is 13.1. The van der Waals surface area contributed by atoms with Crippen LogP contribution in [-0.4, -0.2) is 40.1 Å². The van der Waals surface area contributed by atoms with E-state index >= 15 is 0 Å². The first-order valence-electron chi connectivity index (χ1n) is 11.8. The lowest BCUT2D eigenvalue weighted by Crippen LogP contribution is -2.42. The standard InChI is InChI=1S/C29H28N4O4/c1-19-5-3-6-20(13-19)17-31-27-11-9-23(18-32-27)22-8-10-26(37-2)24(15-22)28(34)33-25(29(35)36)14-21-7-4-12-30-16-21/h3-13,15-16,18,25H,14,17H2,1-2H3,(H,31,32)(H,33,34)(H,35,36)/t25-/m1/s1. The Bertz CT molecular complexity index is 1370. The van der Waals surface area contributed by atoms with Crippen LogP contribution >= 0.6 is 0 Å². The van der Waals surface area contributed by atoms with Gasteiger partial charge >= 0.3 is 5.97 Å². The Kier molecular flexibility index (Phi) is 8.10. The molecule has 0 radical (unpaired) electrons. The van der Waals surface area contributed by atoms with Crippen LogP contribution in [0.15, 0.2) is 85.3 Å². The Morgan fingerprint density at radius 1 is 0.973 bits per heavy atom. The predicted octanol–water partition coefficient (Wildman–Crippen LogP) is 4.50. The molecule has 0 aliphatic rings. The van der Waals surface area contributed by atoms with Gasteiger partial charge in [0, 0.05) is 37.1 Å². The third kappa shape index (κ3) is 6.70. The van der Waals surface area contributed by atoms with Gasteiger partial charge in [0.2, 0.25) is 0 Å². The van der Waals surface area contributed by atoms with Gasteiger partial charge < -0.3 is 20.5 Å². The van der Waals surface area contributed by atoms with E-state index in [2.05, 4.69) is 45.7 Å². The molecule has 8 heteroatoms. The summed E-state index contributed by atoms with van der Waals surface area (Å²) in [7, 11) is 1.46. The molecule has 0 unspecified atom stereocenters. The van der Waals surface area contributed by atoms with Gasteiger partial charge in [-0.25, -0.2) is 9.78 Å². The highest BCUT2D eigenvalue weighted by Gasteiger charge is 2.23. The number of aliphatic carboxylic acids is 1. The number of amides is 1. The van der Waals surface area contributed by atoms with E-state index in [1.54, 1.807) is 42.9 Å². The average molecular weight is 497 g/mol. The summed E-state index contributed by atoms with van der Waals surface area (Å²) in [5.41, 5.74) is 4.87. The summed E-state index contributed by atoms with van der Waals surface area (Å²) in [6, 6.07) is 19.6. The third-order valence-corrected chi connectivity index (χ3v) is 5.86. The fraction of sp³-hybridized carbons (Fsp3) is 0.172. The van der Waals surface area contributed by atoms with Crippen molar-refractivity contribution >= 4 is 17.7 Å². The third-order valence-electron chi connectivity index (χ3n) is 5.86. The first-order valence-corrected chi connectivity index (χ1v) is 11.8. The Morgan fingerprint density at radius 3 is 2.46 bits per heavy atom. The normalized spacial score (nSPS) is 11.4. The molecule has 0 saturated heterocycles. The number of methoxy groups -OCH3 is 1. The molecule has 8 nitrogen and oxygen atoms in total. The molecule has 1 atom stereocenters. The van der Waals surface area contributed by atoms with E-state index in [9.17, 15) is 14.7 Å². The zero-order valence-corrected chi connectivity index (χ0v) is 20.6. The van der Waals surface area contributed by atoms with Crippen LogP contribution in [0.1, 0.15) is 27.0 Å². The lowest BCUT2D eigenvalue weighted by molar-refractivity contribution is -0.139. The minimum absolute atomic E-state index is 0.109. The van der Waals surface area contributed by atoms with E-state index in [0.29, 0.717) is 17.9 Å². The van der Waals surface area contributed by atoms with Crippen molar-refractivity contribution in [1.82, 2.24) is 15.3 Å². The van der Waals surface area contributed by atoms with Crippen molar-refractivity contribution in [3.05, 3.63) is 108 Å². The van der Waals surface area contributed by atoms with Crippen molar-refractivity contribution in [3.63, 3.8) is 0 Å². The van der Waals surface area contributed by atoms with Crippen molar-refractivity contribution in [1.29, 1.82) is 0 Å². The average Bonchev–Trinajstić information content (AvgIpc) is 2.92. The first-order chi connectivity index (χ1) is 17.9. The van der Waals surface area contributed by atoms with Gasteiger partial charge in [-0.2, -0.15) is 0 Å². The molecule has 1 amide bonds. The van der Waals surface area contributed by atoms with Crippen LogP contribution in [0.4, 0.5) is 5.82 Å². The fourth-order valence-electron chi connectivity index (χ4n) is 3.94. The number of aromatic nitrogens is 2. The van der Waals surface area contributed by atoms with Gasteiger partial charge in [-0.1, -0.05) is 42.0 Å². The van der Waals surface area contributed by atoms with Crippen LogP contribution in [0.5, 0.6) is 5.75 Å². The minimum atomic E-state index is -1.13. The molecule has 4 rings (SSSR count). The van der Waals surface area contributed by atoms with Crippen molar-refractivity contribution in [2.75, 3.05) is 12.4 Å². The second-order valence-corrected chi connectivity index (χ2v) is 8.62. The van der Waals surface area contributed by atoms with Crippen LogP contribution in [0.3, 0.4) is 0 Å². The smallest absolute Gasteiger partial charge is 0.326 e. The monoisotopic (exact) mass is 496 g/mol. The number of hydrogen-bond acceptors (Lipinski definition) is 6. The summed E-state index contributed by atoms with van der Waals surface area (Å²) in [6.45, 7) is 2.72. The van der Waals surface area contributed by atoms with E-state index in [0.717, 1.165) is 16.9 Å². The molecule has 37 heavy (non-hydrogen) atoms. The maximum atomic E-state index is 13.1. The summed E-state index contributed by atoms with van der Waals surface area (Å²) < 4.78 is 5.38. The molecule has 0 saturated carbocycles. The number of nitrogens with zero attached hydrogens (tertiary/aromatic N) is 2. The highest BCUT2D eigenvalue weighted by Crippen LogP contribution is 2.27. The van der Waals surface area contributed by atoms with E-state index in [1.165, 1.54) is 18.2 Å². The molecular weight excluding hydrogens is 468 g/mol. The van der Waals surface area contributed by atoms with Crippen molar-refractivity contribution < 1.29 is 19.4 Å². The molecule has 4 aromatic rings. The number of pyridine rings is 2. The van der Waals surface area contributed by atoms with Gasteiger partial charge in [0.15, 0.2) is 0 Å². The molecule has 0 spiro atoms. The van der Waals surface area contributed by atoms with Crippen LogP contribution in [-0.2, 0) is 17.8 Å². The Labute approximate surface area is 215 Å². The molecule has 0 aliphatic carbocycles. The predicted molar refractivity (Wildman–Crippen MR) is 142 cm³/mol. The number of rotatable bonds is 10. The van der Waals surface area contributed by atoms with E-state index in [4.69, 9.17) is 4.74 Å². The lowest BCUT2D eigenvalue weighted by Gasteiger charge is -2.16. The molecule has 0 aliphatic heterocycles. The van der Waals surface area contributed by atoms with Crippen LogP contribution < -0.4 is 15.4 Å². The van der Waals surface area contributed by atoms with Crippen LogP contribution in [0.25, 0.3) is 11.1 Å². The minimum Gasteiger partial charge on any atom is -0.496 e. The quantitative estimate of drug-likeness (QED) is 0.296. The van der Waals surface area contributed by atoms with E-state index in [1.807, 2.05) is 24.3 Å². The number of carbonyl (C=O) groups is 2. The molecule has 2 aromatic heterocycles. The van der Waals surface area contributed by atoms with Crippen molar-refractivity contribution in [2.45, 2.75) is 25.9 Å². The largest absolute Gasteiger partial charge is 0.496 e. The Hall–Kier alpha value is -4.72. The summed E-state index contributed by atoms with van der Waals surface area (Å²) in [5.74, 6) is -0.600. The van der Waals surface area contributed by atoms with E-state index < -0.39 is 17.9 Å². The van der Waals surface area contributed by atoms with Gasteiger partial charge in [0.25, 0.3) is 5.91 Å². The fourth-order valence-corrected chi connectivity index (χ4v) is 3.94. The topological polar surface area (TPSA) is 113 Å². The van der Waals surface area contributed by atoms with Crippen LogP contribution in [0, 0.1) is 6.92 Å². The molecule has 0 fully saturated rings. The zero-order valence-electron chi connectivity index (χ0n) is 20.6. The number of carbonyl (C=O) groups excluding carboxylic acids is 1. The summed E-state index contributed by atoms with van der Waals surface area (Å²) in [6.07, 6.45) is 5.02. The molecule has 0 bridgehead atoms. The Balaban J connectivity index is 1.49. The molecule has 3 N–H and O–H groups in total. The van der Waals surface area contributed by atoms with Crippen LogP contribution in [0.2, 0.25) is 0 Å². The maximum Gasteiger partial charge on any atom is 0.326 e.